The van der Waals surface area contributed by atoms with E-state index in [4.69, 9.17) is 0 Å². The van der Waals surface area contributed by atoms with Crippen molar-refractivity contribution in [3.05, 3.63) is 65.8 Å². The van der Waals surface area contributed by atoms with Gasteiger partial charge in [-0.1, -0.05) is 54.6 Å². The molecule has 0 aliphatic heterocycles. The maximum absolute atomic E-state index is 4.05. The lowest BCUT2D eigenvalue weighted by Crippen LogP contribution is -1.89. The van der Waals surface area contributed by atoms with Gasteiger partial charge >= 0.3 is 0 Å². The third-order valence-corrected chi connectivity index (χ3v) is 2.74. The third kappa shape index (κ3) is 3.23. The summed E-state index contributed by atoms with van der Waals surface area (Å²) in [5.41, 5.74) is 6.06. The molecule has 0 unspecified atom stereocenters. The minimum absolute atomic E-state index is 0.884. The first-order valence-electron chi connectivity index (χ1n) is 5.60. The largest absolute Gasteiger partial charge is 0.0958 e. The summed E-state index contributed by atoms with van der Waals surface area (Å²) in [6.07, 6.45) is 3.04. The van der Waals surface area contributed by atoms with Crippen LogP contribution in [0, 0.1) is 6.92 Å². The second-order valence-corrected chi connectivity index (χ2v) is 4.24. The molecule has 0 nitrogen and oxygen atoms in total. The van der Waals surface area contributed by atoms with E-state index in [-0.39, 0.29) is 0 Å². The van der Waals surface area contributed by atoms with Crippen LogP contribution in [0.1, 0.15) is 31.4 Å². The lowest BCUT2D eigenvalue weighted by molar-refractivity contribution is 1.23. The Morgan fingerprint density at radius 3 is 2.50 bits per heavy atom. The van der Waals surface area contributed by atoms with Crippen molar-refractivity contribution in [2.45, 2.75) is 27.2 Å². The van der Waals surface area contributed by atoms with E-state index in [9.17, 15) is 0 Å². The predicted molar refractivity (Wildman–Crippen MR) is 73.4 cm³/mol. The van der Waals surface area contributed by atoms with Gasteiger partial charge in [0.15, 0.2) is 0 Å². The van der Waals surface area contributed by atoms with Crippen LogP contribution in [0.2, 0.25) is 0 Å². The number of allylic oxidation sites excluding steroid dienone is 4. The third-order valence-electron chi connectivity index (χ3n) is 2.74. The predicted octanol–water partition coefficient (Wildman–Crippen LogP) is 4.92. The zero-order valence-electron chi connectivity index (χ0n) is 10.5. The van der Waals surface area contributed by atoms with Gasteiger partial charge in [0, 0.05) is 0 Å². The van der Waals surface area contributed by atoms with Crippen LogP contribution in [0.25, 0.3) is 5.57 Å². The molecule has 1 rings (SSSR count). The van der Waals surface area contributed by atoms with Crippen molar-refractivity contribution in [3.63, 3.8) is 0 Å². The highest BCUT2D eigenvalue weighted by Crippen LogP contribution is 2.25. The molecule has 0 aliphatic carbocycles. The molecule has 1 aromatic carbocycles. The van der Waals surface area contributed by atoms with Crippen LogP contribution < -0.4 is 0 Å². The summed E-state index contributed by atoms with van der Waals surface area (Å²) < 4.78 is 0. The van der Waals surface area contributed by atoms with E-state index in [0.717, 1.165) is 17.6 Å². The molecule has 84 valence electrons. The molecule has 0 heteroatoms. The van der Waals surface area contributed by atoms with Crippen molar-refractivity contribution in [2.75, 3.05) is 0 Å². The van der Waals surface area contributed by atoms with Crippen LogP contribution in [0.3, 0.4) is 0 Å². The minimum atomic E-state index is 0.884. The fraction of sp³-hybridized carbons (Fsp3) is 0.250. The molecule has 0 aromatic heterocycles. The first-order valence-corrected chi connectivity index (χ1v) is 5.60. The molecule has 0 saturated heterocycles. The molecule has 0 fully saturated rings. The first-order chi connectivity index (χ1) is 7.54. The van der Waals surface area contributed by atoms with Gasteiger partial charge in [0.25, 0.3) is 0 Å². The topological polar surface area (TPSA) is 0 Å². The summed E-state index contributed by atoms with van der Waals surface area (Å²) in [5.74, 6) is 0. The maximum atomic E-state index is 4.05. The van der Waals surface area contributed by atoms with E-state index in [1.54, 1.807) is 0 Å². The van der Waals surface area contributed by atoms with Crippen molar-refractivity contribution < 1.29 is 0 Å². The molecule has 1 aromatic rings. The molecule has 0 heterocycles. The van der Waals surface area contributed by atoms with Gasteiger partial charge in [0.2, 0.25) is 0 Å². The highest BCUT2D eigenvalue weighted by Gasteiger charge is 2.03. The average molecular weight is 212 g/mol. The van der Waals surface area contributed by atoms with Crippen LogP contribution in [0.5, 0.6) is 0 Å². The Kier molecular flexibility index (Phi) is 4.30. The van der Waals surface area contributed by atoms with Crippen molar-refractivity contribution >= 4 is 5.57 Å². The van der Waals surface area contributed by atoms with Crippen LogP contribution >= 0.6 is 0 Å². The highest BCUT2D eigenvalue weighted by molar-refractivity contribution is 5.68. The molecule has 16 heavy (non-hydrogen) atoms. The average Bonchev–Trinajstić information content (AvgIpc) is 2.25. The molecular weight excluding hydrogens is 192 g/mol. The molecule has 0 aliphatic rings. The zero-order valence-corrected chi connectivity index (χ0v) is 10.5. The van der Waals surface area contributed by atoms with Crippen molar-refractivity contribution in [1.29, 1.82) is 0 Å². The first kappa shape index (κ1) is 12.5. The van der Waals surface area contributed by atoms with E-state index in [1.165, 1.54) is 16.7 Å². The zero-order chi connectivity index (χ0) is 12.1. The van der Waals surface area contributed by atoms with E-state index >= 15 is 0 Å². The van der Waals surface area contributed by atoms with E-state index < -0.39 is 0 Å². The molecule has 0 N–H and O–H groups in total. The normalized spacial score (nSPS) is 11.3. The van der Waals surface area contributed by atoms with Gasteiger partial charge in [-0.2, -0.15) is 0 Å². The lowest BCUT2D eigenvalue weighted by Gasteiger charge is -2.10. The molecule has 0 amide bonds. The number of hydrogen-bond donors (Lipinski definition) is 0. The van der Waals surface area contributed by atoms with Gasteiger partial charge in [-0.3, -0.25) is 0 Å². The SMILES string of the molecule is C=C(C)C(=C)C/C(=C\C)c1cccc(C)c1. The summed E-state index contributed by atoms with van der Waals surface area (Å²) in [6.45, 7) is 14.2. The van der Waals surface area contributed by atoms with Crippen molar-refractivity contribution in [1.82, 2.24) is 0 Å². The van der Waals surface area contributed by atoms with Gasteiger partial charge in [0.05, 0.1) is 0 Å². The van der Waals surface area contributed by atoms with Gasteiger partial charge in [0.1, 0.15) is 0 Å². The summed E-state index contributed by atoms with van der Waals surface area (Å²) in [4.78, 5) is 0. The quantitative estimate of drug-likeness (QED) is 0.621. The maximum Gasteiger partial charge on any atom is -0.00266 e. The van der Waals surface area contributed by atoms with Gasteiger partial charge in [-0.15, -0.1) is 0 Å². The van der Waals surface area contributed by atoms with E-state index in [0.29, 0.717) is 0 Å². The molecule has 0 radical (unpaired) electrons. The fourth-order valence-corrected chi connectivity index (χ4v) is 1.60. The molecule has 0 atom stereocenters. The van der Waals surface area contributed by atoms with Crippen LogP contribution in [-0.2, 0) is 0 Å². The van der Waals surface area contributed by atoms with Crippen LogP contribution in [-0.4, -0.2) is 0 Å². The van der Waals surface area contributed by atoms with Crippen LogP contribution in [0.15, 0.2) is 54.6 Å². The Morgan fingerprint density at radius 2 is 2.00 bits per heavy atom. The Balaban J connectivity index is 2.92. The lowest BCUT2D eigenvalue weighted by atomic mass is 9.95. The van der Waals surface area contributed by atoms with Crippen molar-refractivity contribution in [2.24, 2.45) is 0 Å². The summed E-state index contributed by atoms with van der Waals surface area (Å²) >= 11 is 0. The minimum Gasteiger partial charge on any atom is -0.0958 e. The van der Waals surface area contributed by atoms with Gasteiger partial charge in [-0.05, 0) is 43.9 Å². The number of aryl methyl sites for hydroxylation is 1. The second-order valence-electron chi connectivity index (χ2n) is 4.24. The highest BCUT2D eigenvalue weighted by atomic mass is 14.1. The number of hydrogen-bond acceptors (Lipinski definition) is 0. The Bertz CT molecular complexity index is 433. The van der Waals surface area contributed by atoms with Gasteiger partial charge in [-0.25, -0.2) is 0 Å². The molecule has 0 spiro atoms. The monoisotopic (exact) mass is 212 g/mol. The molecule has 0 saturated carbocycles. The molecular formula is C16H20. The van der Waals surface area contributed by atoms with E-state index in [2.05, 4.69) is 57.3 Å². The number of benzene rings is 1. The van der Waals surface area contributed by atoms with Gasteiger partial charge < -0.3 is 0 Å². The summed E-state index contributed by atoms with van der Waals surface area (Å²) in [7, 11) is 0. The molecule has 0 bridgehead atoms. The second kappa shape index (κ2) is 5.50. The van der Waals surface area contributed by atoms with Crippen LogP contribution in [0.4, 0.5) is 0 Å². The summed E-state index contributed by atoms with van der Waals surface area (Å²) in [6, 6.07) is 8.57. The van der Waals surface area contributed by atoms with E-state index in [1.807, 2.05) is 6.92 Å². The fourth-order valence-electron chi connectivity index (χ4n) is 1.60. The Morgan fingerprint density at radius 1 is 1.31 bits per heavy atom. The Hall–Kier alpha value is -1.56. The number of rotatable bonds is 4. The standard InChI is InChI=1S/C16H20/c1-6-15(11-14(5)12(2)3)16-9-7-8-13(4)10-16/h6-10H,2,5,11H2,1,3-4H3/b15-6+. The Labute approximate surface area is 99.0 Å². The smallest absolute Gasteiger partial charge is 0.00266 e. The van der Waals surface area contributed by atoms with Crippen molar-refractivity contribution in [3.8, 4) is 0 Å². The summed E-state index contributed by atoms with van der Waals surface area (Å²) in [5, 5.41) is 0.